The number of thiazole rings is 1. The Labute approximate surface area is 177 Å². The standard InChI is InChI=1S/C20H18N4O4S2/c1-12-9-13(2)19-16(23-28-17(19)10-12)11-18(25)22-14-3-5-15(6-4-14)30(26,27)24-20-21-7-8-29-20/h3-10H,11H2,1-2H3,(H,21,24)(H,22,25). The number of sulfonamides is 1. The Bertz CT molecular complexity index is 1310. The van der Waals surface area contributed by atoms with Gasteiger partial charge >= 0.3 is 0 Å². The summed E-state index contributed by atoms with van der Waals surface area (Å²) < 4.78 is 32.5. The summed E-state index contributed by atoms with van der Waals surface area (Å²) in [6.45, 7) is 3.92. The number of fused-ring (bicyclic) bond motifs is 1. The van der Waals surface area contributed by atoms with Crippen molar-refractivity contribution in [2.24, 2.45) is 0 Å². The first kappa shape index (κ1) is 20.0. The summed E-state index contributed by atoms with van der Waals surface area (Å²) in [5.41, 5.74) is 3.75. The van der Waals surface area contributed by atoms with E-state index >= 15 is 0 Å². The second kappa shape index (κ2) is 7.88. The average Bonchev–Trinajstić information content (AvgIpc) is 3.32. The molecule has 0 aliphatic carbocycles. The molecule has 4 aromatic rings. The van der Waals surface area contributed by atoms with Crippen molar-refractivity contribution in [3.05, 3.63) is 64.8 Å². The van der Waals surface area contributed by atoms with Crippen molar-refractivity contribution >= 4 is 49.1 Å². The van der Waals surface area contributed by atoms with Crippen LogP contribution < -0.4 is 10.0 Å². The molecule has 2 aromatic carbocycles. The largest absolute Gasteiger partial charge is 0.356 e. The van der Waals surface area contributed by atoms with Crippen LogP contribution in [0.4, 0.5) is 10.8 Å². The van der Waals surface area contributed by atoms with E-state index in [0.29, 0.717) is 17.0 Å². The van der Waals surface area contributed by atoms with Gasteiger partial charge in [0, 0.05) is 22.7 Å². The molecule has 0 aliphatic rings. The summed E-state index contributed by atoms with van der Waals surface area (Å²) in [5, 5.41) is 9.59. The van der Waals surface area contributed by atoms with Crippen LogP contribution >= 0.6 is 11.3 Å². The number of carbonyl (C=O) groups is 1. The van der Waals surface area contributed by atoms with Gasteiger partial charge < -0.3 is 9.84 Å². The quantitative estimate of drug-likeness (QED) is 0.468. The van der Waals surface area contributed by atoms with Crippen LogP contribution in [-0.4, -0.2) is 24.5 Å². The van der Waals surface area contributed by atoms with Crippen LogP contribution in [-0.2, 0) is 21.2 Å². The minimum atomic E-state index is -3.74. The van der Waals surface area contributed by atoms with E-state index < -0.39 is 10.0 Å². The van der Waals surface area contributed by atoms with Crippen molar-refractivity contribution in [3.63, 3.8) is 0 Å². The number of aryl methyl sites for hydroxylation is 2. The van der Waals surface area contributed by atoms with E-state index in [1.165, 1.54) is 41.8 Å². The van der Waals surface area contributed by atoms with Gasteiger partial charge in [0.2, 0.25) is 5.91 Å². The summed E-state index contributed by atoms with van der Waals surface area (Å²) in [7, 11) is -3.74. The fraction of sp³-hybridized carbons (Fsp3) is 0.150. The molecule has 0 saturated carbocycles. The minimum absolute atomic E-state index is 0.0442. The van der Waals surface area contributed by atoms with E-state index in [9.17, 15) is 13.2 Å². The molecular formula is C20H18N4O4S2. The van der Waals surface area contributed by atoms with Crippen LogP contribution in [0, 0.1) is 13.8 Å². The number of nitrogens with zero attached hydrogens (tertiary/aromatic N) is 2. The van der Waals surface area contributed by atoms with Gasteiger partial charge in [0.25, 0.3) is 10.0 Å². The second-order valence-electron chi connectivity index (χ2n) is 6.78. The lowest BCUT2D eigenvalue weighted by molar-refractivity contribution is -0.115. The highest BCUT2D eigenvalue weighted by atomic mass is 32.2. The Morgan fingerprint density at radius 2 is 1.93 bits per heavy atom. The van der Waals surface area contributed by atoms with Gasteiger partial charge in [0.15, 0.2) is 10.7 Å². The first-order valence-corrected chi connectivity index (χ1v) is 11.4. The van der Waals surface area contributed by atoms with Gasteiger partial charge in [0.05, 0.1) is 11.3 Å². The molecule has 154 valence electrons. The molecule has 0 atom stereocenters. The summed E-state index contributed by atoms with van der Waals surface area (Å²) in [5.74, 6) is -0.276. The van der Waals surface area contributed by atoms with E-state index in [1.807, 2.05) is 26.0 Å². The lowest BCUT2D eigenvalue weighted by Gasteiger charge is -2.08. The lowest BCUT2D eigenvalue weighted by atomic mass is 10.0. The number of hydrogen-bond acceptors (Lipinski definition) is 7. The summed E-state index contributed by atoms with van der Waals surface area (Å²) in [4.78, 5) is 16.4. The highest BCUT2D eigenvalue weighted by Gasteiger charge is 2.17. The van der Waals surface area contributed by atoms with E-state index in [-0.39, 0.29) is 22.4 Å². The molecule has 30 heavy (non-hydrogen) atoms. The SMILES string of the molecule is Cc1cc(C)c2c(CC(=O)Nc3ccc(S(=O)(=O)Nc4nccs4)cc3)noc2c1. The average molecular weight is 443 g/mol. The zero-order valence-corrected chi connectivity index (χ0v) is 17.8. The molecule has 1 amide bonds. The van der Waals surface area contributed by atoms with Gasteiger partial charge in [0.1, 0.15) is 5.69 Å². The number of anilines is 2. The molecule has 2 aromatic heterocycles. The van der Waals surface area contributed by atoms with Crippen LogP contribution in [0.2, 0.25) is 0 Å². The Hall–Kier alpha value is -3.24. The highest BCUT2D eigenvalue weighted by molar-refractivity contribution is 7.93. The van der Waals surface area contributed by atoms with Gasteiger partial charge in [-0.25, -0.2) is 13.4 Å². The van der Waals surface area contributed by atoms with Crippen molar-refractivity contribution in [1.29, 1.82) is 0 Å². The minimum Gasteiger partial charge on any atom is -0.356 e. The van der Waals surface area contributed by atoms with Gasteiger partial charge in [-0.2, -0.15) is 0 Å². The first-order chi connectivity index (χ1) is 14.3. The van der Waals surface area contributed by atoms with E-state index in [1.54, 1.807) is 5.38 Å². The molecule has 0 spiro atoms. The van der Waals surface area contributed by atoms with E-state index in [4.69, 9.17) is 4.52 Å². The Balaban J connectivity index is 1.45. The van der Waals surface area contributed by atoms with Gasteiger partial charge in [-0.15, -0.1) is 11.3 Å². The third kappa shape index (κ3) is 4.19. The van der Waals surface area contributed by atoms with E-state index in [2.05, 4.69) is 20.2 Å². The van der Waals surface area contributed by atoms with Crippen LogP contribution in [0.5, 0.6) is 0 Å². The van der Waals surface area contributed by atoms with Crippen molar-refractivity contribution in [1.82, 2.24) is 10.1 Å². The number of rotatable bonds is 6. The third-order valence-electron chi connectivity index (χ3n) is 4.42. The number of nitrogens with one attached hydrogen (secondary N) is 2. The Kier molecular flexibility index (Phi) is 5.27. The molecule has 0 saturated heterocycles. The molecule has 2 heterocycles. The van der Waals surface area contributed by atoms with Crippen LogP contribution in [0.25, 0.3) is 11.0 Å². The molecule has 0 bridgehead atoms. The molecule has 10 heteroatoms. The molecule has 0 unspecified atom stereocenters. The predicted molar refractivity (Wildman–Crippen MR) is 115 cm³/mol. The summed E-state index contributed by atoms with van der Waals surface area (Å²) >= 11 is 1.19. The molecule has 2 N–H and O–H groups in total. The number of hydrogen-bond donors (Lipinski definition) is 2. The monoisotopic (exact) mass is 442 g/mol. The number of benzene rings is 2. The maximum atomic E-state index is 12.5. The molecule has 8 nitrogen and oxygen atoms in total. The van der Waals surface area contributed by atoms with Crippen molar-refractivity contribution in [3.8, 4) is 0 Å². The van der Waals surface area contributed by atoms with E-state index in [0.717, 1.165) is 16.5 Å². The maximum absolute atomic E-state index is 12.5. The topological polar surface area (TPSA) is 114 Å². The number of aromatic nitrogens is 2. The van der Waals surface area contributed by atoms with Crippen molar-refractivity contribution < 1.29 is 17.7 Å². The zero-order valence-electron chi connectivity index (χ0n) is 16.2. The smallest absolute Gasteiger partial charge is 0.263 e. The van der Waals surface area contributed by atoms with Crippen molar-refractivity contribution in [2.45, 2.75) is 25.2 Å². The lowest BCUT2D eigenvalue weighted by Crippen LogP contribution is -2.15. The number of amides is 1. The maximum Gasteiger partial charge on any atom is 0.263 e. The molecular weight excluding hydrogens is 424 g/mol. The van der Waals surface area contributed by atoms with Crippen LogP contribution in [0.15, 0.2) is 57.4 Å². The molecule has 0 fully saturated rings. The first-order valence-electron chi connectivity index (χ1n) is 8.99. The van der Waals surface area contributed by atoms with Gasteiger partial charge in [-0.3, -0.25) is 9.52 Å². The third-order valence-corrected chi connectivity index (χ3v) is 6.59. The molecule has 0 radical (unpaired) electrons. The predicted octanol–water partition coefficient (Wildman–Crippen LogP) is 3.88. The van der Waals surface area contributed by atoms with Crippen LogP contribution in [0.3, 0.4) is 0 Å². The Morgan fingerprint density at radius 3 is 2.63 bits per heavy atom. The van der Waals surface area contributed by atoms with Gasteiger partial charge in [-0.1, -0.05) is 11.2 Å². The zero-order chi connectivity index (χ0) is 21.3. The molecule has 0 aliphatic heterocycles. The number of carbonyl (C=O) groups excluding carboxylic acids is 1. The van der Waals surface area contributed by atoms with Crippen molar-refractivity contribution in [2.75, 3.05) is 10.0 Å². The Morgan fingerprint density at radius 1 is 1.17 bits per heavy atom. The summed E-state index contributed by atoms with van der Waals surface area (Å²) in [6, 6.07) is 9.80. The highest BCUT2D eigenvalue weighted by Crippen LogP contribution is 2.25. The fourth-order valence-electron chi connectivity index (χ4n) is 3.16. The molecule has 4 rings (SSSR count). The van der Waals surface area contributed by atoms with Gasteiger partial charge in [-0.05, 0) is 55.3 Å². The normalized spacial score (nSPS) is 11.5. The second-order valence-corrected chi connectivity index (χ2v) is 9.35. The fourth-order valence-corrected chi connectivity index (χ4v) is 4.95. The van der Waals surface area contributed by atoms with Crippen LogP contribution in [0.1, 0.15) is 16.8 Å². The summed E-state index contributed by atoms with van der Waals surface area (Å²) in [6.07, 6.45) is 1.56.